The van der Waals surface area contributed by atoms with E-state index < -0.39 is 0 Å². The van der Waals surface area contributed by atoms with Crippen molar-refractivity contribution in [1.29, 1.82) is 0 Å². The monoisotopic (exact) mass is 345 g/mol. The lowest BCUT2D eigenvalue weighted by molar-refractivity contribution is -0.138. The van der Waals surface area contributed by atoms with E-state index in [0.29, 0.717) is 6.61 Å². The molecule has 1 saturated carbocycles. The van der Waals surface area contributed by atoms with Crippen LogP contribution in [0, 0.1) is 5.92 Å². The van der Waals surface area contributed by atoms with Crippen molar-refractivity contribution >= 4 is 5.91 Å². The fourth-order valence-electron chi connectivity index (χ4n) is 3.73. The molecule has 4 rings (SSSR count). The zero-order chi connectivity index (χ0) is 17.1. The number of nitrogens with zero attached hydrogens (tertiary/aromatic N) is 1. The molecule has 3 fully saturated rings. The Kier molecular flexibility index (Phi) is 4.95. The first-order valence-corrected chi connectivity index (χ1v) is 9.44. The van der Waals surface area contributed by atoms with Crippen LogP contribution in [0.1, 0.15) is 32.1 Å². The van der Waals surface area contributed by atoms with Crippen molar-refractivity contribution in [2.24, 2.45) is 5.92 Å². The fraction of sp³-hybridized carbons (Fsp3) is 0.650. The van der Waals surface area contributed by atoms with Gasteiger partial charge in [0.05, 0.1) is 18.3 Å². The van der Waals surface area contributed by atoms with Gasteiger partial charge in [0.2, 0.25) is 0 Å². The summed E-state index contributed by atoms with van der Waals surface area (Å²) in [7, 11) is 0. The molecule has 1 aliphatic carbocycles. The summed E-state index contributed by atoms with van der Waals surface area (Å²) in [6, 6.07) is 9.48. The largest absolute Gasteiger partial charge is 0.484 e. The van der Waals surface area contributed by atoms with E-state index >= 15 is 0 Å². The Morgan fingerprint density at radius 3 is 2.68 bits per heavy atom. The number of rotatable bonds is 6. The summed E-state index contributed by atoms with van der Waals surface area (Å²) in [6.07, 6.45) is 5.65. The first-order chi connectivity index (χ1) is 12.2. The van der Waals surface area contributed by atoms with E-state index in [2.05, 4.69) is 0 Å². The third kappa shape index (κ3) is 4.33. The SMILES string of the molecule is O=C(COc1ccccc1)N1CCC2(CC1)C[C@H](OCC1CC1)CO2. The molecule has 1 amide bonds. The Morgan fingerprint density at radius 2 is 1.96 bits per heavy atom. The zero-order valence-electron chi connectivity index (χ0n) is 14.7. The number of carbonyl (C=O) groups is 1. The number of benzene rings is 1. The van der Waals surface area contributed by atoms with Crippen molar-refractivity contribution in [3.05, 3.63) is 30.3 Å². The van der Waals surface area contributed by atoms with Gasteiger partial charge in [0.25, 0.3) is 5.91 Å². The molecular weight excluding hydrogens is 318 g/mol. The summed E-state index contributed by atoms with van der Waals surface area (Å²) in [5.74, 6) is 1.58. The fourth-order valence-corrected chi connectivity index (χ4v) is 3.73. The molecule has 2 heterocycles. The normalized spacial score (nSPS) is 25.3. The molecule has 1 atom stereocenters. The van der Waals surface area contributed by atoms with Gasteiger partial charge in [0, 0.05) is 26.1 Å². The van der Waals surface area contributed by atoms with Gasteiger partial charge in [-0.3, -0.25) is 4.79 Å². The summed E-state index contributed by atoms with van der Waals surface area (Å²) in [6.45, 7) is 3.19. The molecule has 2 aliphatic heterocycles. The van der Waals surface area contributed by atoms with Crippen LogP contribution in [0.3, 0.4) is 0 Å². The molecule has 5 heteroatoms. The van der Waals surface area contributed by atoms with Crippen molar-refractivity contribution in [2.45, 2.75) is 43.8 Å². The molecule has 3 aliphatic rings. The Labute approximate surface area is 149 Å². The van der Waals surface area contributed by atoms with Crippen LogP contribution in [0.4, 0.5) is 0 Å². The first-order valence-electron chi connectivity index (χ1n) is 9.44. The highest BCUT2D eigenvalue weighted by molar-refractivity contribution is 5.77. The summed E-state index contributed by atoms with van der Waals surface area (Å²) in [4.78, 5) is 14.3. The minimum atomic E-state index is -0.0781. The predicted molar refractivity (Wildman–Crippen MR) is 93.5 cm³/mol. The van der Waals surface area contributed by atoms with Gasteiger partial charge in [0.15, 0.2) is 6.61 Å². The molecule has 1 spiro atoms. The Bertz CT molecular complexity index is 579. The second kappa shape index (κ2) is 7.34. The second-order valence-electron chi connectivity index (χ2n) is 7.58. The van der Waals surface area contributed by atoms with Crippen molar-refractivity contribution in [3.8, 4) is 5.75 Å². The third-order valence-electron chi connectivity index (χ3n) is 5.57. The average Bonchev–Trinajstić information content (AvgIpc) is 3.41. The molecule has 0 aromatic heterocycles. The van der Waals surface area contributed by atoms with Gasteiger partial charge in [0.1, 0.15) is 5.75 Å². The third-order valence-corrected chi connectivity index (χ3v) is 5.57. The molecule has 1 aromatic carbocycles. The Morgan fingerprint density at radius 1 is 1.20 bits per heavy atom. The summed E-state index contributed by atoms with van der Waals surface area (Å²) in [5, 5.41) is 0. The van der Waals surface area contributed by atoms with E-state index in [9.17, 15) is 4.79 Å². The van der Waals surface area contributed by atoms with Crippen molar-refractivity contribution in [2.75, 3.05) is 32.9 Å². The molecule has 0 N–H and O–H groups in total. The molecule has 2 saturated heterocycles. The molecule has 5 nitrogen and oxygen atoms in total. The molecule has 25 heavy (non-hydrogen) atoms. The Balaban J connectivity index is 1.20. The number of piperidine rings is 1. The van der Waals surface area contributed by atoms with E-state index in [4.69, 9.17) is 14.2 Å². The van der Waals surface area contributed by atoms with E-state index in [1.54, 1.807) is 0 Å². The maximum atomic E-state index is 12.4. The van der Waals surface area contributed by atoms with E-state index in [1.807, 2.05) is 35.2 Å². The van der Waals surface area contributed by atoms with Gasteiger partial charge >= 0.3 is 0 Å². The van der Waals surface area contributed by atoms with E-state index in [-0.39, 0.29) is 24.2 Å². The molecule has 0 radical (unpaired) electrons. The van der Waals surface area contributed by atoms with Crippen LogP contribution in [0.5, 0.6) is 5.75 Å². The van der Waals surface area contributed by atoms with E-state index in [1.165, 1.54) is 12.8 Å². The lowest BCUT2D eigenvalue weighted by atomic mass is 9.88. The number of hydrogen-bond acceptors (Lipinski definition) is 4. The van der Waals surface area contributed by atoms with Crippen molar-refractivity contribution in [3.63, 3.8) is 0 Å². The van der Waals surface area contributed by atoms with Crippen LogP contribution in [0.15, 0.2) is 30.3 Å². The molecule has 1 aromatic rings. The van der Waals surface area contributed by atoms with Crippen LogP contribution in [0.2, 0.25) is 0 Å². The lowest BCUT2D eigenvalue weighted by Crippen LogP contribution is -2.47. The smallest absolute Gasteiger partial charge is 0.260 e. The van der Waals surface area contributed by atoms with E-state index in [0.717, 1.165) is 50.6 Å². The number of carbonyl (C=O) groups excluding carboxylic acids is 1. The standard InChI is InChI=1S/C20H27NO4/c22-19(15-24-17-4-2-1-3-5-17)21-10-8-20(9-11-21)12-18(14-25-20)23-13-16-6-7-16/h1-5,16,18H,6-15H2/t18-/m0/s1. The van der Waals surface area contributed by atoms with Crippen LogP contribution in [-0.2, 0) is 14.3 Å². The van der Waals surface area contributed by atoms with Gasteiger partial charge in [-0.25, -0.2) is 0 Å². The van der Waals surface area contributed by atoms with Crippen LogP contribution < -0.4 is 4.74 Å². The van der Waals surface area contributed by atoms with Crippen LogP contribution in [-0.4, -0.2) is 55.4 Å². The van der Waals surface area contributed by atoms with Gasteiger partial charge in [-0.15, -0.1) is 0 Å². The van der Waals surface area contributed by atoms with Gasteiger partial charge in [-0.2, -0.15) is 0 Å². The molecule has 0 bridgehead atoms. The number of para-hydroxylation sites is 1. The van der Waals surface area contributed by atoms with Crippen LogP contribution >= 0.6 is 0 Å². The maximum Gasteiger partial charge on any atom is 0.260 e. The lowest BCUT2D eigenvalue weighted by Gasteiger charge is -2.38. The second-order valence-corrected chi connectivity index (χ2v) is 7.58. The number of hydrogen-bond donors (Lipinski definition) is 0. The minimum absolute atomic E-state index is 0.0539. The number of ether oxygens (including phenoxy) is 3. The summed E-state index contributed by atoms with van der Waals surface area (Å²) in [5.41, 5.74) is -0.0781. The Hall–Kier alpha value is -1.59. The highest BCUT2D eigenvalue weighted by Gasteiger charge is 2.44. The molecular formula is C20H27NO4. The first kappa shape index (κ1) is 16.9. The highest BCUT2D eigenvalue weighted by Crippen LogP contribution is 2.38. The predicted octanol–water partition coefficient (Wildman–Crippen LogP) is 2.64. The van der Waals surface area contributed by atoms with Crippen molar-refractivity contribution < 1.29 is 19.0 Å². The zero-order valence-corrected chi connectivity index (χ0v) is 14.7. The maximum absolute atomic E-state index is 12.4. The van der Waals surface area contributed by atoms with Crippen LogP contribution in [0.25, 0.3) is 0 Å². The topological polar surface area (TPSA) is 48.0 Å². The minimum Gasteiger partial charge on any atom is -0.484 e. The number of amides is 1. The molecule has 136 valence electrons. The van der Waals surface area contributed by atoms with Crippen molar-refractivity contribution in [1.82, 2.24) is 4.90 Å². The van der Waals surface area contributed by atoms with Gasteiger partial charge in [-0.1, -0.05) is 18.2 Å². The average molecular weight is 345 g/mol. The van der Waals surface area contributed by atoms with Gasteiger partial charge < -0.3 is 19.1 Å². The summed E-state index contributed by atoms with van der Waals surface area (Å²) < 4.78 is 17.7. The summed E-state index contributed by atoms with van der Waals surface area (Å²) >= 11 is 0. The quantitative estimate of drug-likeness (QED) is 0.795. The van der Waals surface area contributed by atoms with Gasteiger partial charge in [-0.05, 0) is 43.7 Å². The molecule has 0 unspecified atom stereocenters. The number of likely N-dealkylation sites (tertiary alicyclic amines) is 1. The highest BCUT2D eigenvalue weighted by atomic mass is 16.6.